The van der Waals surface area contributed by atoms with Gasteiger partial charge in [-0.1, -0.05) is 18.2 Å². The summed E-state index contributed by atoms with van der Waals surface area (Å²) in [5.41, 5.74) is 0.741. The molecule has 5 heteroatoms. The van der Waals surface area contributed by atoms with Crippen molar-refractivity contribution in [2.24, 2.45) is 0 Å². The van der Waals surface area contributed by atoms with E-state index in [1.807, 2.05) is 30.3 Å². The molecular formula is C13H17N3O2. The van der Waals surface area contributed by atoms with Gasteiger partial charge in [-0.15, -0.1) is 0 Å². The molecule has 0 bridgehead atoms. The summed E-state index contributed by atoms with van der Waals surface area (Å²) in [4.78, 5) is 25.3. The van der Waals surface area contributed by atoms with Crippen molar-refractivity contribution in [3.8, 4) is 0 Å². The van der Waals surface area contributed by atoms with Crippen molar-refractivity contribution in [2.75, 3.05) is 18.9 Å². The number of hydrogen-bond acceptors (Lipinski definition) is 2. The molecule has 3 amide bonds. The van der Waals surface area contributed by atoms with Crippen LogP contribution in [0.15, 0.2) is 30.3 Å². The number of anilines is 1. The normalized spacial score (nSPS) is 18.5. The maximum atomic E-state index is 12.1. The van der Waals surface area contributed by atoms with E-state index in [1.54, 1.807) is 11.9 Å². The molecule has 1 fully saturated rings. The molecule has 0 spiro atoms. The highest BCUT2D eigenvalue weighted by atomic mass is 16.2. The second-order valence-corrected chi connectivity index (χ2v) is 4.26. The van der Waals surface area contributed by atoms with E-state index in [2.05, 4.69) is 10.6 Å². The lowest BCUT2D eigenvalue weighted by Gasteiger charge is -2.23. The highest BCUT2D eigenvalue weighted by molar-refractivity contribution is 5.94. The van der Waals surface area contributed by atoms with E-state index in [0.29, 0.717) is 6.54 Å². The van der Waals surface area contributed by atoms with Gasteiger partial charge in [-0.2, -0.15) is 0 Å². The van der Waals surface area contributed by atoms with E-state index in [1.165, 1.54) is 0 Å². The van der Waals surface area contributed by atoms with Gasteiger partial charge < -0.3 is 15.5 Å². The number of nitrogens with one attached hydrogen (secondary N) is 2. The summed E-state index contributed by atoms with van der Waals surface area (Å²) in [6.45, 7) is 0.622. The average Bonchev–Trinajstić information content (AvgIpc) is 2.88. The van der Waals surface area contributed by atoms with Crippen LogP contribution in [-0.2, 0) is 4.79 Å². The van der Waals surface area contributed by atoms with Gasteiger partial charge in [-0.3, -0.25) is 4.79 Å². The predicted octanol–water partition coefficient (Wildman–Crippen LogP) is 1.43. The lowest BCUT2D eigenvalue weighted by Crippen LogP contribution is -2.46. The van der Waals surface area contributed by atoms with Crippen LogP contribution in [0.25, 0.3) is 0 Å². The molecule has 96 valence electrons. The Morgan fingerprint density at radius 3 is 2.67 bits per heavy atom. The Morgan fingerprint density at radius 1 is 1.28 bits per heavy atom. The minimum absolute atomic E-state index is 0.101. The van der Waals surface area contributed by atoms with E-state index < -0.39 is 0 Å². The number of nitrogens with zero attached hydrogens (tertiary/aromatic N) is 1. The van der Waals surface area contributed by atoms with Crippen molar-refractivity contribution in [2.45, 2.75) is 18.9 Å². The Labute approximate surface area is 106 Å². The average molecular weight is 247 g/mol. The van der Waals surface area contributed by atoms with Crippen LogP contribution in [0, 0.1) is 0 Å². The van der Waals surface area contributed by atoms with Crippen molar-refractivity contribution < 1.29 is 9.59 Å². The highest BCUT2D eigenvalue weighted by Gasteiger charge is 2.33. The topological polar surface area (TPSA) is 61.4 Å². The molecule has 2 N–H and O–H groups in total. The molecule has 1 unspecified atom stereocenters. The number of benzene rings is 1. The fraction of sp³-hybridized carbons (Fsp3) is 0.385. The summed E-state index contributed by atoms with van der Waals surface area (Å²) in [7, 11) is 1.59. The molecular weight excluding hydrogens is 230 g/mol. The van der Waals surface area contributed by atoms with Gasteiger partial charge in [0.25, 0.3) is 0 Å². The number of carbonyl (C=O) groups excluding carboxylic acids is 2. The molecule has 18 heavy (non-hydrogen) atoms. The molecule has 0 aliphatic carbocycles. The molecule has 0 saturated carbocycles. The van der Waals surface area contributed by atoms with Crippen molar-refractivity contribution in [1.29, 1.82) is 0 Å². The van der Waals surface area contributed by atoms with E-state index in [4.69, 9.17) is 0 Å². The molecule has 1 heterocycles. The third kappa shape index (κ3) is 2.61. The molecule has 1 saturated heterocycles. The molecule has 1 aromatic carbocycles. The van der Waals surface area contributed by atoms with Gasteiger partial charge in [0.15, 0.2) is 0 Å². The molecule has 0 aromatic heterocycles. The Balaban J connectivity index is 2.02. The number of likely N-dealkylation sites (N-methyl/N-ethyl adjacent to an activating group) is 1. The maximum absolute atomic E-state index is 12.1. The van der Waals surface area contributed by atoms with Crippen LogP contribution in [0.2, 0.25) is 0 Å². The van der Waals surface area contributed by atoms with Crippen molar-refractivity contribution in [3.05, 3.63) is 30.3 Å². The van der Waals surface area contributed by atoms with Crippen LogP contribution in [0.1, 0.15) is 12.8 Å². The molecule has 0 radical (unpaired) electrons. The monoisotopic (exact) mass is 247 g/mol. The van der Waals surface area contributed by atoms with Gasteiger partial charge in [0, 0.05) is 19.3 Å². The second-order valence-electron chi connectivity index (χ2n) is 4.26. The van der Waals surface area contributed by atoms with Gasteiger partial charge in [0.1, 0.15) is 6.04 Å². The third-order valence-corrected chi connectivity index (χ3v) is 3.09. The van der Waals surface area contributed by atoms with Gasteiger partial charge in [0.05, 0.1) is 0 Å². The molecule has 1 aliphatic rings. The van der Waals surface area contributed by atoms with Crippen LogP contribution in [0.3, 0.4) is 0 Å². The smallest absolute Gasteiger partial charge is 0.322 e. The zero-order valence-electron chi connectivity index (χ0n) is 10.3. The van der Waals surface area contributed by atoms with Crippen LogP contribution < -0.4 is 10.6 Å². The fourth-order valence-corrected chi connectivity index (χ4v) is 2.17. The van der Waals surface area contributed by atoms with Gasteiger partial charge in [0.2, 0.25) is 5.91 Å². The molecule has 1 aliphatic heterocycles. The number of rotatable bonds is 2. The molecule has 2 rings (SSSR count). The first-order chi connectivity index (χ1) is 8.72. The van der Waals surface area contributed by atoms with Crippen LogP contribution in [-0.4, -0.2) is 36.5 Å². The number of carbonyl (C=O) groups is 2. The Hall–Kier alpha value is -2.04. The maximum Gasteiger partial charge on any atom is 0.322 e. The first-order valence-corrected chi connectivity index (χ1v) is 6.06. The zero-order valence-corrected chi connectivity index (χ0v) is 10.3. The third-order valence-electron chi connectivity index (χ3n) is 3.09. The number of likely N-dealkylation sites (tertiary alicyclic amines) is 1. The van der Waals surface area contributed by atoms with Crippen LogP contribution in [0.5, 0.6) is 0 Å². The van der Waals surface area contributed by atoms with Crippen LogP contribution >= 0.6 is 0 Å². The van der Waals surface area contributed by atoms with E-state index in [0.717, 1.165) is 18.5 Å². The quantitative estimate of drug-likeness (QED) is 0.830. The highest BCUT2D eigenvalue weighted by Crippen LogP contribution is 2.18. The molecule has 1 aromatic rings. The number of urea groups is 1. The number of amides is 3. The van der Waals surface area contributed by atoms with Crippen LogP contribution in [0.4, 0.5) is 10.5 Å². The SMILES string of the molecule is CNC(=O)C1CCCN1C(=O)Nc1ccccc1. The molecule has 1 atom stereocenters. The lowest BCUT2D eigenvalue weighted by molar-refractivity contribution is -0.124. The molecule has 5 nitrogen and oxygen atoms in total. The minimum Gasteiger partial charge on any atom is -0.357 e. The number of para-hydroxylation sites is 1. The first-order valence-electron chi connectivity index (χ1n) is 6.06. The second kappa shape index (κ2) is 5.53. The van der Waals surface area contributed by atoms with E-state index >= 15 is 0 Å². The largest absolute Gasteiger partial charge is 0.357 e. The van der Waals surface area contributed by atoms with Crippen molar-refractivity contribution in [1.82, 2.24) is 10.2 Å². The zero-order chi connectivity index (χ0) is 13.0. The summed E-state index contributed by atoms with van der Waals surface area (Å²) in [5, 5.41) is 5.39. The summed E-state index contributed by atoms with van der Waals surface area (Å²) >= 11 is 0. The Bertz CT molecular complexity index is 433. The first kappa shape index (κ1) is 12.4. The van der Waals surface area contributed by atoms with E-state index in [-0.39, 0.29) is 18.0 Å². The van der Waals surface area contributed by atoms with E-state index in [9.17, 15) is 9.59 Å². The Morgan fingerprint density at radius 2 is 2.00 bits per heavy atom. The van der Waals surface area contributed by atoms with Gasteiger partial charge in [-0.05, 0) is 25.0 Å². The summed E-state index contributed by atoms with van der Waals surface area (Å²) in [6, 6.07) is 8.68. The lowest BCUT2D eigenvalue weighted by atomic mass is 10.2. The van der Waals surface area contributed by atoms with Crippen molar-refractivity contribution >= 4 is 17.6 Å². The minimum atomic E-state index is -0.348. The Kier molecular flexibility index (Phi) is 3.82. The summed E-state index contributed by atoms with van der Waals surface area (Å²) < 4.78 is 0. The standard InChI is InChI=1S/C13H17N3O2/c1-14-12(17)11-8-5-9-16(11)13(18)15-10-6-3-2-4-7-10/h2-4,6-7,11H,5,8-9H2,1H3,(H,14,17)(H,15,18). The summed E-state index contributed by atoms with van der Waals surface area (Å²) in [5.74, 6) is -0.101. The summed E-state index contributed by atoms with van der Waals surface area (Å²) in [6.07, 6.45) is 1.59. The van der Waals surface area contributed by atoms with Crippen molar-refractivity contribution in [3.63, 3.8) is 0 Å². The fourth-order valence-electron chi connectivity index (χ4n) is 2.17. The van der Waals surface area contributed by atoms with Gasteiger partial charge >= 0.3 is 6.03 Å². The predicted molar refractivity (Wildman–Crippen MR) is 69.3 cm³/mol. The number of hydrogen-bond donors (Lipinski definition) is 2. The van der Waals surface area contributed by atoms with Gasteiger partial charge in [-0.25, -0.2) is 4.79 Å².